The summed E-state index contributed by atoms with van der Waals surface area (Å²) in [6.07, 6.45) is 0.751. The first-order valence-electron chi connectivity index (χ1n) is 9.45. The molecule has 1 aliphatic rings. The smallest absolute Gasteiger partial charge is 0.318 e. The number of benzene rings is 1. The number of aryl methyl sites for hydroxylation is 3. The van der Waals surface area contributed by atoms with Crippen LogP contribution in [-0.2, 0) is 11.2 Å². The molecule has 0 spiro atoms. The first kappa shape index (κ1) is 18.2. The first-order valence-corrected chi connectivity index (χ1v) is 9.45. The van der Waals surface area contributed by atoms with Gasteiger partial charge in [0.05, 0.1) is 0 Å². The molecule has 2 aromatic heterocycles. The Morgan fingerprint density at radius 1 is 1.14 bits per heavy atom. The third kappa shape index (κ3) is 3.76. The van der Waals surface area contributed by atoms with Crippen molar-refractivity contribution < 1.29 is 9.21 Å². The molecule has 1 fully saturated rings. The second kappa shape index (κ2) is 7.46. The van der Waals surface area contributed by atoms with Crippen molar-refractivity contribution >= 4 is 22.8 Å². The highest BCUT2D eigenvalue weighted by atomic mass is 16.4. The van der Waals surface area contributed by atoms with Crippen LogP contribution in [-0.4, -0.2) is 52.2 Å². The summed E-state index contributed by atoms with van der Waals surface area (Å²) >= 11 is 0. The molecule has 4 rings (SSSR count). The van der Waals surface area contributed by atoms with Crippen LogP contribution in [0.4, 0.5) is 6.01 Å². The van der Waals surface area contributed by atoms with E-state index in [0.29, 0.717) is 56.5 Å². The number of pyridine rings is 1. The number of hydrogen-bond acceptors (Lipinski definition) is 6. The molecule has 0 bridgehead atoms. The monoisotopic (exact) mass is 381 g/mol. The fraction of sp³-hybridized carbons (Fsp3) is 0.400. The quantitative estimate of drug-likeness (QED) is 0.741. The van der Waals surface area contributed by atoms with Crippen LogP contribution in [0.2, 0.25) is 0 Å². The topological polar surface area (TPSA) is 95.3 Å². The van der Waals surface area contributed by atoms with E-state index >= 15 is 0 Å². The molecule has 8 heteroatoms. The molecule has 0 atom stereocenters. The number of amides is 1. The molecule has 0 radical (unpaired) electrons. The number of nitrogens with one attached hydrogen (secondary N) is 1. The summed E-state index contributed by atoms with van der Waals surface area (Å²) in [5.41, 5.74) is 2.44. The van der Waals surface area contributed by atoms with Crippen LogP contribution < -0.4 is 10.5 Å². The third-order valence-electron chi connectivity index (χ3n) is 5.10. The number of piperazine rings is 1. The predicted octanol–water partition coefficient (Wildman–Crippen LogP) is 1.81. The van der Waals surface area contributed by atoms with Gasteiger partial charge in [0.25, 0.3) is 5.56 Å². The van der Waals surface area contributed by atoms with Gasteiger partial charge in [-0.2, -0.15) is 0 Å². The van der Waals surface area contributed by atoms with Gasteiger partial charge in [-0.1, -0.05) is 17.2 Å². The van der Waals surface area contributed by atoms with E-state index in [1.165, 1.54) is 0 Å². The first-order chi connectivity index (χ1) is 13.5. The van der Waals surface area contributed by atoms with Gasteiger partial charge in [-0.25, -0.2) is 0 Å². The number of anilines is 1. The highest BCUT2D eigenvalue weighted by Gasteiger charge is 2.24. The summed E-state index contributed by atoms with van der Waals surface area (Å²) in [5.74, 6) is 0.592. The van der Waals surface area contributed by atoms with E-state index in [0.717, 1.165) is 16.5 Å². The van der Waals surface area contributed by atoms with Crippen molar-refractivity contribution in [1.29, 1.82) is 0 Å². The fourth-order valence-corrected chi connectivity index (χ4v) is 3.51. The minimum Gasteiger partial charge on any atom is -0.408 e. The minimum absolute atomic E-state index is 0.0600. The molecular weight excluding hydrogens is 358 g/mol. The van der Waals surface area contributed by atoms with Crippen molar-refractivity contribution in [2.24, 2.45) is 0 Å². The van der Waals surface area contributed by atoms with Crippen molar-refractivity contribution in [3.8, 4) is 0 Å². The summed E-state index contributed by atoms with van der Waals surface area (Å²) in [4.78, 5) is 31.6. The van der Waals surface area contributed by atoms with Gasteiger partial charge < -0.3 is 19.2 Å². The predicted molar refractivity (Wildman–Crippen MR) is 105 cm³/mol. The summed E-state index contributed by atoms with van der Waals surface area (Å²) < 4.78 is 5.44. The second-order valence-electron chi connectivity index (χ2n) is 7.19. The van der Waals surface area contributed by atoms with Gasteiger partial charge in [0.15, 0.2) is 0 Å². The van der Waals surface area contributed by atoms with Gasteiger partial charge in [-0.3, -0.25) is 9.59 Å². The second-order valence-corrected chi connectivity index (χ2v) is 7.19. The van der Waals surface area contributed by atoms with Crippen LogP contribution in [0.5, 0.6) is 0 Å². The Kier molecular flexibility index (Phi) is 4.85. The van der Waals surface area contributed by atoms with Crippen molar-refractivity contribution in [2.75, 3.05) is 31.1 Å². The van der Waals surface area contributed by atoms with Gasteiger partial charge in [0, 0.05) is 50.6 Å². The lowest BCUT2D eigenvalue weighted by Crippen LogP contribution is -2.49. The standard InChI is InChI=1S/C20H23N5O3/c1-13-3-4-15-12-16(19(27)21-17(15)11-13)5-6-18(26)24-7-9-25(10-8-24)20-23-22-14(2)28-20/h3-4,11-12H,5-10H2,1-2H3,(H,21,27). The molecule has 1 aromatic carbocycles. The van der Waals surface area contributed by atoms with Crippen molar-refractivity contribution in [1.82, 2.24) is 20.1 Å². The number of carbonyl (C=O) groups is 1. The lowest BCUT2D eigenvalue weighted by Gasteiger charge is -2.33. The summed E-state index contributed by atoms with van der Waals surface area (Å²) in [7, 11) is 0. The van der Waals surface area contributed by atoms with Gasteiger partial charge in [0.2, 0.25) is 11.8 Å². The maximum absolute atomic E-state index is 12.6. The zero-order chi connectivity index (χ0) is 19.7. The molecule has 1 aliphatic heterocycles. The van der Waals surface area contributed by atoms with E-state index in [4.69, 9.17) is 4.42 Å². The van der Waals surface area contributed by atoms with Crippen LogP contribution in [0, 0.1) is 13.8 Å². The normalized spacial score (nSPS) is 14.6. The Balaban J connectivity index is 1.36. The lowest BCUT2D eigenvalue weighted by atomic mass is 10.1. The highest BCUT2D eigenvalue weighted by molar-refractivity contribution is 5.80. The molecule has 146 valence electrons. The van der Waals surface area contributed by atoms with Crippen molar-refractivity contribution in [3.63, 3.8) is 0 Å². The SMILES string of the molecule is Cc1ccc2cc(CCC(=O)N3CCN(c4nnc(C)o4)CC3)c(=O)[nH]c2c1. The molecule has 1 N–H and O–H groups in total. The molecule has 28 heavy (non-hydrogen) atoms. The fourth-order valence-electron chi connectivity index (χ4n) is 3.51. The van der Waals surface area contributed by atoms with E-state index in [-0.39, 0.29) is 11.5 Å². The number of aromatic amines is 1. The number of hydrogen-bond donors (Lipinski definition) is 1. The molecule has 8 nitrogen and oxygen atoms in total. The van der Waals surface area contributed by atoms with E-state index in [1.807, 2.05) is 41.0 Å². The Morgan fingerprint density at radius 2 is 1.93 bits per heavy atom. The van der Waals surface area contributed by atoms with E-state index in [9.17, 15) is 9.59 Å². The molecule has 0 unspecified atom stereocenters. The number of fused-ring (bicyclic) bond motifs is 1. The average Bonchev–Trinajstić information content (AvgIpc) is 3.12. The number of carbonyl (C=O) groups excluding carboxylic acids is 1. The zero-order valence-corrected chi connectivity index (χ0v) is 16.1. The summed E-state index contributed by atoms with van der Waals surface area (Å²) in [5, 5.41) is 8.85. The van der Waals surface area contributed by atoms with Gasteiger partial charge >= 0.3 is 6.01 Å². The number of rotatable bonds is 4. The molecule has 1 saturated heterocycles. The maximum atomic E-state index is 12.6. The van der Waals surface area contributed by atoms with Crippen LogP contribution in [0.15, 0.2) is 33.5 Å². The van der Waals surface area contributed by atoms with Gasteiger partial charge in [-0.05, 0) is 36.4 Å². The maximum Gasteiger partial charge on any atom is 0.318 e. The number of H-pyrrole nitrogens is 1. The lowest BCUT2D eigenvalue weighted by molar-refractivity contribution is -0.131. The number of aromatic nitrogens is 3. The van der Waals surface area contributed by atoms with Gasteiger partial charge in [-0.15, -0.1) is 5.10 Å². The van der Waals surface area contributed by atoms with Crippen LogP contribution in [0.25, 0.3) is 10.9 Å². The van der Waals surface area contributed by atoms with Gasteiger partial charge in [0.1, 0.15) is 0 Å². The summed E-state index contributed by atoms with van der Waals surface area (Å²) in [6.45, 7) is 6.27. The average molecular weight is 381 g/mol. The molecule has 1 amide bonds. The molecule has 3 heterocycles. The van der Waals surface area contributed by atoms with Crippen LogP contribution >= 0.6 is 0 Å². The molecular formula is C20H23N5O3. The Labute approximate surface area is 162 Å². The van der Waals surface area contributed by atoms with E-state index in [2.05, 4.69) is 15.2 Å². The van der Waals surface area contributed by atoms with Crippen molar-refractivity contribution in [3.05, 3.63) is 51.6 Å². The Morgan fingerprint density at radius 3 is 2.64 bits per heavy atom. The molecule has 3 aromatic rings. The highest BCUT2D eigenvalue weighted by Crippen LogP contribution is 2.16. The van der Waals surface area contributed by atoms with E-state index < -0.39 is 0 Å². The van der Waals surface area contributed by atoms with Crippen LogP contribution in [0.3, 0.4) is 0 Å². The number of nitrogens with zero attached hydrogens (tertiary/aromatic N) is 4. The Bertz CT molecular complexity index is 1060. The van der Waals surface area contributed by atoms with Crippen molar-refractivity contribution in [2.45, 2.75) is 26.7 Å². The minimum atomic E-state index is -0.123. The molecule has 0 saturated carbocycles. The third-order valence-corrected chi connectivity index (χ3v) is 5.10. The van der Waals surface area contributed by atoms with Crippen LogP contribution in [0.1, 0.15) is 23.4 Å². The zero-order valence-electron chi connectivity index (χ0n) is 16.1. The summed E-state index contributed by atoms with van der Waals surface area (Å²) in [6, 6.07) is 8.35. The molecule has 0 aliphatic carbocycles. The van der Waals surface area contributed by atoms with E-state index in [1.54, 1.807) is 6.92 Å². The Hall–Kier alpha value is -3.16. The largest absolute Gasteiger partial charge is 0.408 e.